The summed E-state index contributed by atoms with van der Waals surface area (Å²) in [6.45, 7) is 10.2. The standard InChI is InChI=1S/C16H28N4OS/c1-5-13-7-8-14(22-13)11-19-16(17-6-2)18-10-9-15(21)20-12(3)4/h7-8,12H,5-6,9-11H2,1-4H3,(H,20,21)(H2,17,18,19). The Kier molecular flexibility index (Phi) is 8.58. The molecule has 0 saturated carbocycles. The highest BCUT2D eigenvalue weighted by atomic mass is 32.1. The Hall–Kier alpha value is -1.56. The van der Waals surface area contributed by atoms with Gasteiger partial charge >= 0.3 is 0 Å². The lowest BCUT2D eigenvalue weighted by Crippen LogP contribution is -2.40. The zero-order valence-electron chi connectivity index (χ0n) is 14.0. The van der Waals surface area contributed by atoms with Crippen molar-refractivity contribution in [2.24, 2.45) is 4.99 Å². The molecule has 0 atom stereocenters. The van der Waals surface area contributed by atoms with Gasteiger partial charge in [-0.25, -0.2) is 4.99 Å². The van der Waals surface area contributed by atoms with E-state index in [1.165, 1.54) is 9.75 Å². The van der Waals surface area contributed by atoms with E-state index in [9.17, 15) is 4.79 Å². The first-order valence-electron chi connectivity index (χ1n) is 7.94. The van der Waals surface area contributed by atoms with Crippen LogP contribution in [0.25, 0.3) is 0 Å². The summed E-state index contributed by atoms with van der Waals surface area (Å²) in [5, 5.41) is 9.28. The van der Waals surface area contributed by atoms with Crippen LogP contribution in [0.1, 0.15) is 43.9 Å². The van der Waals surface area contributed by atoms with E-state index >= 15 is 0 Å². The number of thiophene rings is 1. The normalized spacial score (nSPS) is 11.6. The number of nitrogens with zero attached hydrogens (tertiary/aromatic N) is 1. The Labute approximate surface area is 137 Å². The van der Waals surface area contributed by atoms with E-state index < -0.39 is 0 Å². The molecule has 0 aromatic carbocycles. The molecule has 124 valence electrons. The van der Waals surface area contributed by atoms with E-state index in [2.05, 4.69) is 40.0 Å². The molecule has 0 aliphatic heterocycles. The molecule has 6 heteroatoms. The minimum Gasteiger partial charge on any atom is -0.357 e. The molecule has 0 fully saturated rings. The molecule has 0 bridgehead atoms. The number of hydrogen-bond donors (Lipinski definition) is 3. The monoisotopic (exact) mass is 324 g/mol. The Balaban J connectivity index is 2.43. The molecule has 0 spiro atoms. The molecule has 22 heavy (non-hydrogen) atoms. The van der Waals surface area contributed by atoms with E-state index in [0.717, 1.165) is 18.9 Å². The summed E-state index contributed by atoms with van der Waals surface area (Å²) in [5.41, 5.74) is 0. The molecule has 1 heterocycles. The number of aryl methyl sites for hydroxylation is 1. The van der Waals surface area contributed by atoms with Crippen LogP contribution in [0.15, 0.2) is 17.1 Å². The Morgan fingerprint density at radius 3 is 2.55 bits per heavy atom. The topological polar surface area (TPSA) is 65.5 Å². The summed E-state index contributed by atoms with van der Waals surface area (Å²) in [7, 11) is 0. The molecule has 1 amide bonds. The molecule has 0 radical (unpaired) electrons. The van der Waals surface area contributed by atoms with E-state index in [1.807, 2.05) is 20.8 Å². The van der Waals surface area contributed by atoms with Crippen LogP contribution in [-0.4, -0.2) is 31.0 Å². The predicted octanol–water partition coefficient (Wildman–Crippen LogP) is 2.28. The fourth-order valence-electron chi connectivity index (χ4n) is 1.88. The Morgan fingerprint density at radius 2 is 1.95 bits per heavy atom. The zero-order valence-corrected chi connectivity index (χ0v) is 14.8. The van der Waals surface area contributed by atoms with Crippen LogP contribution in [-0.2, 0) is 17.8 Å². The highest BCUT2D eigenvalue weighted by molar-refractivity contribution is 7.11. The van der Waals surface area contributed by atoms with Gasteiger partial charge in [0.1, 0.15) is 0 Å². The third kappa shape index (κ3) is 7.45. The Bertz CT molecular complexity index is 482. The first-order chi connectivity index (χ1) is 10.5. The molecule has 0 aliphatic carbocycles. The Morgan fingerprint density at radius 1 is 1.23 bits per heavy atom. The largest absolute Gasteiger partial charge is 0.357 e. The molecule has 0 unspecified atom stereocenters. The molecule has 1 rings (SSSR count). The highest BCUT2D eigenvalue weighted by Crippen LogP contribution is 2.17. The summed E-state index contributed by atoms with van der Waals surface area (Å²) >= 11 is 1.80. The number of nitrogens with one attached hydrogen (secondary N) is 3. The van der Waals surface area contributed by atoms with Gasteiger partial charge in [-0.1, -0.05) is 6.92 Å². The number of hydrogen-bond acceptors (Lipinski definition) is 3. The second-order valence-corrected chi connectivity index (χ2v) is 6.57. The van der Waals surface area contributed by atoms with E-state index in [0.29, 0.717) is 19.5 Å². The first kappa shape index (κ1) is 18.5. The second-order valence-electron chi connectivity index (χ2n) is 5.32. The summed E-state index contributed by atoms with van der Waals surface area (Å²) in [5.74, 6) is 0.815. The van der Waals surface area contributed by atoms with Crippen molar-refractivity contribution in [3.63, 3.8) is 0 Å². The van der Waals surface area contributed by atoms with Crippen LogP contribution in [0.5, 0.6) is 0 Å². The van der Waals surface area contributed by atoms with E-state index in [4.69, 9.17) is 0 Å². The molecule has 1 aromatic heterocycles. The average molecular weight is 324 g/mol. The zero-order chi connectivity index (χ0) is 16.4. The number of guanidine groups is 1. The summed E-state index contributed by atoms with van der Waals surface area (Å²) in [6.07, 6.45) is 1.51. The summed E-state index contributed by atoms with van der Waals surface area (Å²) < 4.78 is 0. The number of carbonyl (C=O) groups excluding carboxylic acids is 1. The van der Waals surface area contributed by atoms with Gasteiger partial charge in [0, 0.05) is 35.3 Å². The molecule has 1 aromatic rings. The van der Waals surface area contributed by atoms with Crippen molar-refractivity contribution in [2.45, 2.75) is 53.1 Å². The fraction of sp³-hybridized carbons (Fsp3) is 0.625. The smallest absolute Gasteiger partial charge is 0.221 e. The highest BCUT2D eigenvalue weighted by Gasteiger charge is 2.04. The van der Waals surface area contributed by atoms with Crippen molar-refractivity contribution in [3.05, 3.63) is 21.9 Å². The molecule has 0 aliphatic rings. The van der Waals surface area contributed by atoms with Gasteiger partial charge in [0.05, 0.1) is 6.54 Å². The van der Waals surface area contributed by atoms with E-state index in [1.54, 1.807) is 11.3 Å². The lowest BCUT2D eigenvalue weighted by Gasteiger charge is -2.12. The van der Waals surface area contributed by atoms with Crippen molar-refractivity contribution in [1.29, 1.82) is 0 Å². The summed E-state index contributed by atoms with van der Waals surface area (Å²) in [4.78, 5) is 18.8. The molecule has 0 saturated heterocycles. The molecular weight excluding hydrogens is 296 g/mol. The van der Waals surface area contributed by atoms with E-state index in [-0.39, 0.29) is 11.9 Å². The molecule has 3 N–H and O–H groups in total. The van der Waals surface area contributed by atoms with Gasteiger partial charge < -0.3 is 16.0 Å². The van der Waals surface area contributed by atoms with Gasteiger partial charge in [-0.3, -0.25) is 4.79 Å². The molecule has 5 nitrogen and oxygen atoms in total. The van der Waals surface area contributed by atoms with Gasteiger partial charge in [0.15, 0.2) is 5.96 Å². The van der Waals surface area contributed by atoms with Crippen LogP contribution in [0.4, 0.5) is 0 Å². The molecular formula is C16H28N4OS. The van der Waals surface area contributed by atoms with Gasteiger partial charge in [-0.05, 0) is 39.3 Å². The minimum atomic E-state index is 0.0594. The first-order valence-corrected chi connectivity index (χ1v) is 8.75. The summed E-state index contributed by atoms with van der Waals surface area (Å²) in [6, 6.07) is 4.47. The van der Waals surface area contributed by atoms with Crippen LogP contribution in [0, 0.1) is 0 Å². The van der Waals surface area contributed by atoms with Gasteiger partial charge in [0.2, 0.25) is 5.91 Å². The van der Waals surface area contributed by atoms with Crippen molar-refractivity contribution in [3.8, 4) is 0 Å². The SMILES string of the molecule is CCNC(=NCc1ccc(CC)s1)NCCC(=O)NC(C)C. The predicted molar refractivity (Wildman–Crippen MR) is 94.4 cm³/mol. The van der Waals surface area contributed by atoms with Crippen molar-refractivity contribution < 1.29 is 4.79 Å². The number of rotatable bonds is 8. The number of amides is 1. The van der Waals surface area contributed by atoms with Gasteiger partial charge in [-0.15, -0.1) is 11.3 Å². The third-order valence-electron chi connectivity index (χ3n) is 2.90. The minimum absolute atomic E-state index is 0.0594. The van der Waals surface area contributed by atoms with Gasteiger partial charge in [-0.2, -0.15) is 0 Å². The number of aliphatic imine (C=N–C) groups is 1. The third-order valence-corrected chi connectivity index (χ3v) is 4.11. The maximum absolute atomic E-state index is 11.6. The number of carbonyl (C=O) groups is 1. The van der Waals surface area contributed by atoms with Crippen LogP contribution in [0.2, 0.25) is 0 Å². The van der Waals surface area contributed by atoms with Crippen LogP contribution in [0.3, 0.4) is 0 Å². The maximum Gasteiger partial charge on any atom is 0.221 e. The second kappa shape index (κ2) is 10.2. The van der Waals surface area contributed by atoms with Crippen LogP contribution < -0.4 is 16.0 Å². The maximum atomic E-state index is 11.6. The van der Waals surface area contributed by atoms with Crippen molar-refractivity contribution in [1.82, 2.24) is 16.0 Å². The van der Waals surface area contributed by atoms with Crippen molar-refractivity contribution in [2.75, 3.05) is 13.1 Å². The average Bonchev–Trinajstić information content (AvgIpc) is 2.92. The van der Waals surface area contributed by atoms with Gasteiger partial charge in [0.25, 0.3) is 0 Å². The fourth-order valence-corrected chi connectivity index (χ4v) is 2.77. The van der Waals surface area contributed by atoms with Crippen LogP contribution >= 0.6 is 11.3 Å². The lowest BCUT2D eigenvalue weighted by atomic mass is 10.3. The van der Waals surface area contributed by atoms with Crippen molar-refractivity contribution >= 4 is 23.2 Å². The lowest BCUT2D eigenvalue weighted by molar-refractivity contribution is -0.121. The quantitative estimate of drug-likeness (QED) is 0.508.